The van der Waals surface area contributed by atoms with Crippen molar-refractivity contribution in [1.29, 1.82) is 0 Å². The van der Waals surface area contributed by atoms with Crippen LogP contribution in [0.3, 0.4) is 0 Å². The van der Waals surface area contributed by atoms with Gasteiger partial charge < -0.3 is 14.6 Å². The second-order valence-electron chi connectivity index (χ2n) is 5.11. The third kappa shape index (κ3) is 1.48. The number of aryl methyl sites for hydroxylation is 1. The van der Waals surface area contributed by atoms with E-state index in [1.807, 2.05) is 19.1 Å². The van der Waals surface area contributed by atoms with Crippen LogP contribution in [0.25, 0.3) is 0 Å². The highest BCUT2D eigenvalue weighted by molar-refractivity contribution is 5.83. The zero-order valence-corrected chi connectivity index (χ0v) is 10.4. The summed E-state index contributed by atoms with van der Waals surface area (Å²) < 4.78 is 10.7. The fourth-order valence-electron chi connectivity index (χ4n) is 3.14. The summed E-state index contributed by atoms with van der Waals surface area (Å²) in [4.78, 5) is 11.7. The Hall–Kier alpha value is -1.71. The predicted molar refractivity (Wildman–Crippen MR) is 65.1 cm³/mol. The van der Waals surface area contributed by atoms with Crippen LogP contribution in [-0.2, 0) is 10.2 Å². The highest BCUT2D eigenvalue weighted by Gasteiger charge is 2.44. The number of carboxylic acid groups (broad SMARTS) is 1. The van der Waals surface area contributed by atoms with Gasteiger partial charge in [-0.2, -0.15) is 0 Å². The molecule has 1 aliphatic carbocycles. The van der Waals surface area contributed by atoms with Crippen molar-refractivity contribution in [2.45, 2.75) is 38.0 Å². The van der Waals surface area contributed by atoms with Crippen LogP contribution < -0.4 is 9.47 Å². The van der Waals surface area contributed by atoms with E-state index in [1.54, 1.807) is 0 Å². The lowest BCUT2D eigenvalue weighted by atomic mass is 9.77. The molecule has 4 heteroatoms. The standard InChI is InChI=1S/C14H16O4/c1-9-6-11-12(18-8-17-11)7-10(9)14(13(15)16)4-2-3-5-14/h6-7H,2-5,8H2,1H3,(H,15,16). The first kappa shape index (κ1) is 11.4. The summed E-state index contributed by atoms with van der Waals surface area (Å²) in [7, 11) is 0. The van der Waals surface area contributed by atoms with E-state index in [0.717, 1.165) is 29.7 Å². The van der Waals surface area contributed by atoms with Crippen LogP contribution in [0, 0.1) is 6.92 Å². The molecule has 3 rings (SSSR count). The van der Waals surface area contributed by atoms with Crippen molar-refractivity contribution in [2.75, 3.05) is 6.79 Å². The van der Waals surface area contributed by atoms with Gasteiger partial charge in [0.2, 0.25) is 6.79 Å². The summed E-state index contributed by atoms with van der Waals surface area (Å²) in [6.45, 7) is 2.17. The van der Waals surface area contributed by atoms with Crippen LogP contribution >= 0.6 is 0 Å². The minimum atomic E-state index is -0.731. The molecule has 1 saturated carbocycles. The van der Waals surface area contributed by atoms with Gasteiger partial charge in [-0.3, -0.25) is 4.79 Å². The summed E-state index contributed by atoms with van der Waals surface area (Å²) in [5.41, 5.74) is 1.13. The van der Waals surface area contributed by atoms with E-state index >= 15 is 0 Å². The molecule has 1 N–H and O–H groups in total. The van der Waals surface area contributed by atoms with Gasteiger partial charge in [-0.05, 0) is 43.0 Å². The Balaban J connectivity index is 2.13. The lowest BCUT2D eigenvalue weighted by Crippen LogP contribution is -2.33. The zero-order chi connectivity index (χ0) is 12.8. The maximum Gasteiger partial charge on any atom is 0.314 e. The molecule has 2 aliphatic rings. The first-order chi connectivity index (χ1) is 8.63. The van der Waals surface area contributed by atoms with Crippen molar-refractivity contribution >= 4 is 5.97 Å². The highest BCUT2D eigenvalue weighted by Crippen LogP contribution is 2.46. The summed E-state index contributed by atoms with van der Waals surface area (Å²) in [6.07, 6.45) is 3.37. The third-order valence-electron chi connectivity index (χ3n) is 4.10. The smallest absolute Gasteiger partial charge is 0.314 e. The molecular weight excluding hydrogens is 232 g/mol. The largest absolute Gasteiger partial charge is 0.481 e. The maximum absolute atomic E-state index is 11.7. The van der Waals surface area contributed by atoms with Crippen molar-refractivity contribution in [3.63, 3.8) is 0 Å². The van der Waals surface area contributed by atoms with Gasteiger partial charge in [-0.15, -0.1) is 0 Å². The number of fused-ring (bicyclic) bond motifs is 1. The lowest BCUT2D eigenvalue weighted by Gasteiger charge is -2.26. The number of rotatable bonds is 2. The molecule has 0 unspecified atom stereocenters. The Morgan fingerprint density at radius 1 is 1.22 bits per heavy atom. The summed E-state index contributed by atoms with van der Waals surface area (Å²) in [6, 6.07) is 3.75. The number of ether oxygens (including phenoxy) is 2. The molecule has 96 valence electrons. The zero-order valence-electron chi connectivity index (χ0n) is 10.4. The maximum atomic E-state index is 11.7. The molecule has 1 aromatic carbocycles. The Bertz CT molecular complexity index is 501. The first-order valence-corrected chi connectivity index (χ1v) is 6.28. The van der Waals surface area contributed by atoms with E-state index < -0.39 is 11.4 Å². The van der Waals surface area contributed by atoms with Gasteiger partial charge in [0, 0.05) is 0 Å². The van der Waals surface area contributed by atoms with Crippen molar-refractivity contribution in [2.24, 2.45) is 0 Å². The van der Waals surface area contributed by atoms with E-state index in [2.05, 4.69) is 0 Å². The number of carboxylic acids is 1. The number of hydrogen-bond acceptors (Lipinski definition) is 3. The Morgan fingerprint density at radius 2 is 1.83 bits per heavy atom. The van der Waals surface area contributed by atoms with Crippen molar-refractivity contribution in [3.05, 3.63) is 23.3 Å². The topological polar surface area (TPSA) is 55.8 Å². The average Bonchev–Trinajstić information content (AvgIpc) is 2.95. The number of carbonyl (C=O) groups is 1. The fourth-order valence-corrected chi connectivity index (χ4v) is 3.14. The van der Waals surface area contributed by atoms with Gasteiger partial charge in [0.1, 0.15) is 0 Å². The van der Waals surface area contributed by atoms with Crippen LogP contribution in [0.2, 0.25) is 0 Å². The van der Waals surface area contributed by atoms with E-state index in [0.29, 0.717) is 18.6 Å². The van der Waals surface area contributed by atoms with Gasteiger partial charge in [0.05, 0.1) is 5.41 Å². The van der Waals surface area contributed by atoms with E-state index in [1.165, 1.54) is 0 Å². The molecule has 1 heterocycles. The minimum Gasteiger partial charge on any atom is -0.481 e. The van der Waals surface area contributed by atoms with Crippen LogP contribution in [0.4, 0.5) is 0 Å². The normalized spacial score (nSPS) is 20.1. The van der Waals surface area contributed by atoms with Crippen molar-refractivity contribution in [1.82, 2.24) is 0 Å². The summed E-state index contributed by atoms with van der Waals surface area (Å²) in [5, 5.41) is 9.62. The molecule has 0 amide bonds. The molecule has 1 aliphatic heterocycles. The second-order valence-corrected chi connectivity index (χ2v) is 5.11. The Kier molecular flexibility index (Phi) is 2.47. The highest BCUT2D eigenvalue weighted by atomic mass is 16.7. The van der Waals surface area contributed by atoms with Gasteiger partial charge in [-0.25, -0.2) is 0 Å². The van der Waals surface area contributed by atoms with Crippen LogP contribution in [0.5, 0.6) is 11.5 Å². The van der Waals surface area contributed by atoms with Crippen LogP contribution in [-0.4, -0.2) is 17.9 Å². The van der Waals surface area contributed by atoms with Gasteiger partial charge in [-0.1, -0.05) is 12.8 Å². The first-order valence-electron chi connectivity index (χ1n) is 6.28. The number of aliphatic carboxylic acids is 1. The number of benzene rings is 1. The Morgan fingerprint density at radius 3 is 2.44 bits per heavy atom. The van der Waals surface area contributed by atoms with E-state index in [9.17, 15) is 9.90 Å². The third-order valence-corrected chi connectivity index (χ3v) is 4.10. The number of hydrogen-bond donors (Lipinski definition) is 1. The molecule has 1 aromatic rings. The predicted octanol–water partition coefficient (Wildman–Crippen LogP) is 2.62. The van der Waals surface area contributed by atoms with Crippen LogP contribution in [0.1, 0.15) is 36.8 Å². The molecule has 1 fully saturated rings. The van der Waals surface area contributed by atoms with E-state index in [-0.39, 0.29) is 6.79 Å². The molecule has 0 aromatic heterocycles. The van der Waals surface area contributed by atoms with Gasteiger partial charge in [0.25, 0.3) is 0 Å². The Labute approximate surface area is 106 Å². The second kappa shape index (κ2) is 3.90. The molecule has 0 atom stereocenters. The summed E-state index contributed by atoms with van der Waals surface area (Å²) >= 11 is 0. The molecule has 4 nitrogen and oxygen atoms in total. The SMILES string of the molecule is Cc1cc2c(cc1C1(C(=O)O)CCCC1)OCO2. The quantitative estimate of drug-likeness (QED) is 0.874. The molecule has 0 spiro atoms. The van der Waals surface area contributed by atoms with Crippen LogP contribution in [0.15, 0.2) is 12.1 Å². The molecule has 0 saturated heterocycles. The fraction of sp³-hybridized carbons (Fsp3) is 0.500. The van der Waals surface area contributed by atoms with E-state index in [4.69, 9.17) is 9.47 Å². The average molecular weight is 248 g/mol. The van der Waals surface area contributed by atoms with Gasteiger partial charge in [0.15, 0.2) is 11.5 Å². The molecule has 18 heavy (non-hydrogen) atoms. The monoisotopic (exact) mass is 248 g/mol. The molecule has 0 bridgehead atoms. The van der Waals surface area contributed by atoms with Gasteiger partial charge >= 0.3 is 5.97 Å². The minimum absolute atomic E-state index is 0.221. The molecular formula is C14H16O4. The summed E-state index contributed by atoms with van der Waals surface area (Å²) in [5.74, 6) is 0.667. The lowest BCUT2D eigenvalue weighted by molar-refractivity contribution is -0.143. The molecule has 0 radical (unpaired) electrons. The van der Waals surface area contributed by atoms with Crippen molar-refractivity contribution < 1.29 is 19.4 Å². The van der Waals surface area contributed by atoms with Crippen molar-refractivity contribution in [3.8, 4) is 11.5 Å².